The average molecular weight is 541 g/mol. The monoisotopic (exact) mass is 540 g/mol. The highest BCUT2D eigenvalue weighted by molar-refractivity contribution is 5.90. The van der Waals surface area contributed by atoms with E-state index in [0.717, 1.165) is 37.7 Å². The van der Waals surface area contributed by atoms with Gasteiger partial charge in [0, 0.05) is 24.0 Å². The Morgan fingerprint density at radius 3 is 2.62 bits per heavy atom. The zero-order chi connectivity index (χ0) is 28.3. The lowest BCUT2D eigenvalue weighted by Gasteiger charge is -2.45. The van der Waals surface area contributed by atoms with Gasteiger partial charge in [-0.2, -0.15) is 0 Å². The van der Waals surface area contributed by atoms with Crippen LogP contribution in [0.3, 0.4) is 0 Å². The van der Waals surface area contributed by atoms with Crippen LogP contribution >= 0.6 is 0 Å². The van der Waals surface area contributed by atoms with Crippen molar-refractivity contribution in [3.63, 3.8) is 0 Å². The number of rotatable bonds is 10. The number of cyclic esters (lactones) is 1. The number of hydrogen-bond donors (Lipinski definition) is 3. The third-order valence-corrected chi connectivity index (χ3v) is 10.9. The molecule has 0 amide bonds. The summed E-state index contributed by atoms with van der Waals surface area (Å²) in [5, 5.41) is 30.7. The van der Waals surface area contributed by atoms with Gasteiger partial charge in [0.1, 0.15) is 6.10 Å². The predicted molar refractivity (Wildman–Crippen MR) is 156 cm³/mol. The Labute approximate surface area is 236 Å². The molecule has 1 heterocycles. The molecule has 1 saturated heterocycles. The van der Waals surface area contributed by atoms with Crippen molar-refractivity contribution >= 4 is 5.97 Å². The molecule has 0 radical (unpaired) electrons. The Balaban J connectivity index is 1.45. The van der Waals surface area contributed by atoms with Gasteiger partial charge in [-0.25, -0.2) is 4.79 Å². The minimum Gasteiger partial charge on any atom is -0.458 e. The molecule has 0 spiro atoms. The summed E-state index contributed by atoms with van der Waals surface area (Å²) in [5.74, 6) is 1.32. The van der Waals surface area contributed by atoms with Crippen molar-refractivity contribution in [3.8, 4) is 0 Å². The maximum Gasteiger partial charge on any atom is 0.334 e. The van der Waals surface area contributed by atoms with Crippen LogP contribution in [0.4, 0.5) is 0 Å². The summed E-state index contributed by atoms with van der Waals surface area (Å²) in [4.78, 5) is 12.3. The highest BCUT2D eigenvalue weighted by atomic mass is 16.6. The fourth-order valence-electron chi connectivity index (χ4n) is 8.64. The number of ether oxygens (including phenoxy) is 1. The summed E-state index contributed by atoms with van der Waals surface area (Å²) in [6.07, 6.45) is 14.7. The van der Waals surface area contributed by atoms with E-state index in [4.69, 9.17) is 4.74 Å². The van der Waals surface area contributed by atoms with Crippen LogP contribution in [0.1, 0.15) is 97.8 Å². The van der Waals surface area contributed by atoms with Gasteiger partial charge in [-0.05, 0) is 98.5 Å². The van der Waals surface area contributed by atoms with Gasteiger partial charge < -0.3 is 20.1 Å². The molecule has 3 aliphatic carbocycles. The minimum atomic E-state index is -0.764. The summed E-state index contributed by atoms with van der Waals surface area (Å²) in [6, 6.07) is 0. The highest BCUT2D eigenvalue weighted by Crippen LogP contribution is 2.60. The molecule has 0 aromatic heterocycles. The van der Waals surface area contributed by atoms with Crippen LogP contribution in [-0.4, -0.2) is 46.2 Å². The van der Waals surface area contributed by atoms with E-state index < -0.39 is 12.2 Å². The van der Waals surface area contributed by atoms with Crippen molar-refractivity contribution in [3.05, 3.63) is 47.6 Å². The predicted octanol–water partition coefficient (Wildman–Crippen LogP) is 6.44. The molecule has 0 bridgehead atoms. The maximum atomic E-state index is 12.3. The fourth-order valence-corrected chi connectivity index (χ4v) is 8.64. The number of esters is 1. The van der Waals surface area contributed by atoms with Crippen molar-refractivity contribution in [1.82, 2.24) is 0 Å². The van der Waals surface area contributed by atoms with E-state index in [-0.39, 0.29) is 35.9 Å². The van der Waals surface area contributed by atoms with E-state index in [1.807, 2.05) is 0 Å². The first-order valence-corrected chi connectivity index (χ1v) is 15.6. The normalized spacial score (nSPS) is 39.8. The van der Waals surface area contributed by atoms with Crippen molar-refractivity contribution in [1.29, 1.82) is 0 Å². The third kappa shape index (κ3) is 6.16. The fraction of sp³-hybridized carbons (Fsp3) is 0.735. The standard InChI is InChI=1S/C34H52O5/c1-6-7-11-26-23(4)33(38)39-31(26)19-21(2)28-15-16-29-24(10-8-17-34(28,29)5)13-14-25-20-30(36)27(12-9-18-35)32(37)22(25)3/h13-14,21,26-32,35-37H,3-4,6-12,15-20H2,1-2,5H3/t21-,26-,27+,28-,29+,30-,31+,32-,34-/m1/s1. The molecule has 0 unspecified atom stereocenters. The largest absolute Gasteiger partial charge is 0.458 e. The van der Waals surface area contributed by atoms with Crippen LogP contribution in [0.5, 0.6) is 0 Å². The molecule has 9 atom stereocenters. The van der Waals surface area contributed by atoms with Crippen molar-refractivity contribution in [2.45, 2.75) is 116 Å². The van der Waals surface area contributed by atoms with Gasteiger partial charge in [-0.3, -0.25) is 0 Å². The first-order chi connectivity index (χ1) is 18.6. The average Bonchev–Trinajstić information content (AvgIpc) is 3.39. The van der Waals surface area contributed by atoms with Crippen LogP contribution in [0.25, 0.3) is 0 Å². The molecule has 3 saturated carbocycles. The summed E-state index contributed by atoms with van der Waals surface area (Å²) >= 11 is 0. The van der Waals surface area contributed by atoms with E-state index in [0.29, 0.717) is 48.2 Å². The van der Waals surface area contributed by atoms with E-state index in [1.165, 1.54) is 31.3 Å². The molecule has 39 heavy (non-hydrogen) atoms. The zero-order valence-electron chi connectivity index (χ0n) is 24.5. The lowest BCUT2D eigenvalue weighted by atomic mass is 9.60. The molecule has 4 fully saturated rings. The first-order valence-electron chi connectivity index (χ1n) is 15.6. The molecule has 218 valence electrons. The number of aliphatic hydroxyl groups excluding tert-OH is 3. The molecule has 0 aromatic carbocycles. The van der Waals surface area contributed by atoms with Crippen LogP contribution in [0, 0.1) is 35.0 Å². The Morgan fingerprint density at radius 2 is 1.90 bits per heavy atom. The molecule has 4 rings (SSSR count). The van der Waals surface area contributed by atoms with Crippen LogP contribution in [0.15, 0.2) is 47.6 Å². The van der Waals surface area contributed by atoms with Gasteiger partial charge in [0.05, 0.1) is 12.2 Å². The Kier molecular flexibility index (Phi) is 9.99. The van der Waals surface area contributed by atoms with E-state index >= 15 is 0 Å². The molecular formula is C34H52O5. The van der Waals surface area contributed by atoms with E-state index in [2.05, 4.69) is 46.1 Å². The first kappa shape index (κ1) is 30.3. The number of carbonyl (C=O) groups is 1. The summed E-state index contributed by atoms with van der Waals surface area (Å²) in [6.45, 7) is 15.3. The Hall–Kier alpha value is -1.69. The summed E-state index contributed by atoms with van der Waals surface area (Å²) in [7, 11) is 0. The third-order valence-electron chi connectivity index (χ3n) is 10.9. The van der Waals surface area contributed by atoms with Gasteiger partial charge in [0.2, 0.25) is 0 Å². The Morgan fingerprint density at radius 1 is 1.13 bits per heavy atom. The lowest BCUT2D eigenvalue weighted by molar-refractivity contribution is -0.140. The van der Waals surface area contributed by atoms with Crippen molar-refractivity contribution in [2.75, 3.05) is 6.61 Å². The molecule has 5 heteroatoms. The number of hydrogen-bond acceptors (Lipinski definition) is 5. The van der Waals surface area contributed by atoms with Crippen LogP contribution < -0.4 is 0 Å². The van der Waals surface area contributed by atoms with Crippen molar-refractivity contribution < 1.29 is 24.9 Å². The van der Waals surface area contributed by atoms with Crippen LogP contribution in [0.2, 0.25) is 0 Å². The van der Waals surface area contributed by atoms with E-state index in [9.17, 15) is 20.1 Å². The summed E-state index contributed by atoms with van der Waals surface area (Å²) < 4.78 is 5.85. The molecule has 1 aliphatic heterocycles. The Bertz CT molecular complexity index is 978. The minimum absolute atomic E-state index is 0.0334. The molecule has 5 nitrogen and oxygen atoms in total. The quantitative estimate of drug-likeness (QED) is 0.219. The maximum absolute atomic E-state index is 12.3. The van der Waals surface area contributed by atoms with Crippen LogP contribution in [-0.2, 0) is 9.53 Å². The zero-order valence-corrected chi connectivity index (χ0v) is 24.5. The van der Waals surface area contributed by atoms with Gasteiger partial charge in [-0.1, -0.05) is 64.5 Å². The van der Waals surface area contributed by atoms with E-state index in [1.54, 1.807) is 0 Å². The van der Waals surface area contributed by atoms with Gasteiger partial charge in [-0.15, -0.1) is 0 Å². The van der Waals surface area contributed by atoms with Gasteiger partial charge >= 0.3 is 5.97 Å². The number of allylic oxidation sites excluding steroid dienone is 3. The molecule has 4 aliphatic rings. The van der Waals surface area contributed by atoms with Crippen molar-refractivity contribution in [2.24, 2.45) is 35.0 Å². The SMILES string of the molecule is C=C1C(=CC=C2CCC[C@]3(C)[C@@H]([C@H](C)C[C@@H]4OC(=O)C(=C)[C@H]4CCCC)CC[C@@H]23)C[C@@H](O)[C@H](CCCO)[C@@H]1O. The molecule has 3 N–H and O–H groups in total. The number of unbranched alkanes of at least 4 members (excludes halogenated alkanes) is 1. The van der Waals surface area contributed by atoms with Gasteiger partial charge in [0.25, 0.3) is 0 Å². The smallest absolute Gasteiger partial charge is 0.334 e. The number of fused-ring (bicyclic) bond motifs is 1. The molecular weight excluding hydrogens is 488 g/mol. The van der Waals surface area contributed by atoms with Gasteiger partial charge in [0.15, 0.2) is 0 Å². The topological polar surface area (TPSA) is 87.0 Å². The second-order valence-corrected chi connectivity index (χ2v) is 13.2. The molecule has 0 aromatic rings. The second-order valence-electron chi connectivity index (χ2n) is 13.2. The second kappa shape index (κ2) is 12.9. The highest BCUT2D eigenvalue weighted by Gasteiger charge is 2.51. The summed E-state index contributed by atoms with van der Waals surface area (Å²) in [5.41, 5.74) is 4.05. The number of carbonyl (C=O) groups excluding carboxylic acids is 1. The lowest BCUT2D eigenvalue weighted by Crippen LogP contribution is -2.38. The number of aliphatic hydroxyl groups is 3.